The molecule has 0 aromatic heterocycles. The maximum Gasteiger partial charge on any atom is 0.267 e. The Balaban J connectivity index is 4.38. The first-order valence-electron chi connectivity index (χ1n) is 9.62. The number of carboxylic acid groups (broad SMARTS) is 2. The van der Waals surface area contributed by atoms with Gasteiger partial charge < -0.3 is 30.4 Å². The molecule has 1 atom stereocenters. The molecule has 0 heterocycles. The number of amides is 3. The van der Waals surface area contributed by atoms with E-state index in [1.54, 1.807) is 0 Å². The third kappa shape index (κ3) is 13.8. The number of hydrazone groups is 1. The average molecular weight is 412 g/mol. The number of hydrogen-bond acceptors (Lipinski definition) is 8. The predicted molar refractivity (Wildman–Crippen MR) is 98.8 cm³/mol. The molecule has 0 aromatic rings. The van der Waals surface area contributed by atoms with E-state index < -0.39 is 35.7 Å². The molecule has 29 heavy (non-hydrogen) atoms. The van der Waals surface area contributed by atoms with Crippen LogP contribution in [-0.4, -0.2) is 48.5 Å². The molecule has 0 saturated heterocycles. The molecule has 0 aromatic carbocycles. The second kappa shape index (κ2) is 16.0. The summed E-state index contributed by atoms with van der Waals surface area (Å²) in [4.78, 5) is 55.1. The van der Waals surface area contributed by atoms with E-state index in [9.17, 15) is 34.2 Å². The van der Waals surface area contributed by atoms with Crippen LogP contribution in [0.3, 0.4) is 0 Å². The molecule has 0 aliphatic carbocycles. The quantitative estimate of drug-likeness (QED) is 0.124. The Morgan fingerprint density at radius 3 is 2.17 bits per heavy atom. The van der Waals surface area contributed by atoms with Crippen LogP contribution in [-0.2, 0) is 24.0 Å². The molecule has 3 amide bonds. The molecule has 0 aliphatic rings. The molecule has 164 valence electrons. The Kier molecular flexibility index (Phi) is 14.4. The minimum absolute atomic E-state index is 0.0196. The molecule has 0 spiro atoms. The molecule has 0 saturated carbocycles. The van der Waals surface area contributed by atoms with Crippen LogP contribution in [0.1, 0.15) is 64.7 Å². The lowest BCUT2D eigenvalue weighted by Gasteiger charge is -2.17. The molecule has 0 rings (SSSR count). The lowest BCUT2D eigenvalue weighted by atomic mass is 10.1. The number of aliphatic carboxylic acids is 2. The molecule has 0 aliphatic heterocycles. The number of nitrogens with one attached hydrogen (secondary N) is 3. The van der Waals surface area contributed by atoms with Crippen LogP contribution in [0, 0.1) is 0 Å². The fraction of sp³-hybridized carbons (Fsp3) is 0.667. The van der Waals surface area contributed by atoms with Gasteiger partial charge in [0.25, 0.3) is 17.7 Å². The fourth-order valence-corrected chi connectivity index (χ4v) is 2.32. The van der Waals surface area contributed by atoms with Gasteiger partial charge in [-0.3, -0.25) is 14.4 Å². The second-order valence-corrected chi connectivity index (χ2v) is 6.34. The molecule has 11 nitrogen and oxygen atoms in total. The average Bonchev–Trinajstić information content (AvgIpc) is 2.68. The SMILES string of the molecule is CCCCCCC/C=N/NC(=O)[C@H](CCCCNC(=O)C(=O)[O-])NC(=O)C(=O)[O-]. The minimum atomic E-state index is -1.97. The van der Waals surface area contributed by atoms with E-state index >= 15 is 0 Å². The van der Waals surface area contributed by atoms with Crippen LogP contribution >= 0.6 is 0 Å². The monoisotopic (exact) mass is 412 g/mol. The lowest BCUT2D eigenvalue weighted by molar-refractivity contribution is -0.301. The van der Waals surface area contributed by atoms with E-state index in [0.29, 0.717) is 19.3 Å². The van der Waals surface area contributed by atoms with E-state index in [0.717, 1.165) is 25.7 Å². The van der Waals surface area contributed by atoms with Crippen molar-refractivity contribution in [2.75, 3.05) is 6.54 Å². The number of carbonyl (C=O) groups excluding carboxylic acids is 5. The van der Waals surface area contributed by atoms with Crippen LogP contribution in [0.4, 0.5) is 0 Å². The Labute approximate surface area is 169 Å². The van der Waals surface area contributed by atoms with Crippen LogP contribution in [0.2, 0.25) is 0 Å². The first-order chi connectivity index (χ1) is 13.8. The Hall–Kier alpha value is -2.98. The van der Waals surface area contributed by atoms with E-state index in [1.165, 1.54) is 12.6 Å². The lowest BCUT2D eigenvalue weighted by Crippen LogP contribution is -2.51. The van der Waals surface area contributed by atoms with Gasteiger partial charge >= 0.3 is 0 Å². The van der Waals surface area contributed by atoms with Gasteiger partial charge in [-0.1, -0.05) is 32.6 Å². The summed E-state index contributed by atoms with van der Waals surface area (Å²) in [6, 6.07) is -1.17. The summed E-state index contributed by atoms with van der Waals surface area (Å²) in [7, 11) is 0. The normalized spacial score (nSPS) is 11.6. The fourth-order valence-electron chi connectivity index (χ4n) is 2.32. The highest BCUT2D eigenvalue weighted by atomic mass is 16.4. The van der Waals surface area contributed by atoms with Crippen molar-refractivity contribution < 1.29 is 34.2 Å². The van der Waals surface area contributed by atoms with Gasteiger partial charge in [0.05, 0.1) is 0 Å². The minimum Gasteiger partial charge on any atom is -0.540 e. The van der Waals surface area contributed by atoms with Gasteiger partial charge in [0.1, 0.15) is 18.0 Å². The Morgan fingerprint density at radius 2 is 1.55 bits per heavy atom. The number of carboxylic acids is 2. The van der Waals surface area contributed by atoms with E-state index in [4.69, 9.17) is 0 Å². The zero-order valence-electron chi connectivity index (χ0n) is 16.5. The van der Waals surface area contributed by atoms with Crippen LogP contribution in [0.15, 0.2) is 5.10 Å². The van der Waals surface area contributed by atoms with Gasteiger partial charge in [0.15, 0.2) is 0 Å². The van der Waals surface area contributed by atoms with Crippen molar-refractivity contribution in [1.82, 2.24) is 16.1 Å². The van der Waals surface area contributed by atoms with Crippen LogP contribution < -0.4 is 26.3 Å². The van der Waals surface area contributed by atoms with Gasteiger partial charge in [0, 0.05) is 12.8 Å². The van der Waals surface area contributed by atoms with Crippen molar-refractivity contribution in [2.45, 2.75) is 70.8 Å². The topological polar surface area (TPSA) is 180 Å². The van der Waals surface area contributed by atoms with Crippen LogP contribution in [0.5, 0.6) is 0 Å². The highest BCUT2D eigenvalue weighted by Gasteiger charge is 2.20. The summed E-state index contributed by atoms with van der Waals surface area (Å²) in [6.07, 6.45) is 8.31. The maximum atomic E-state index is 12.1. The van der Waals surface area contributed by atoms with Gasteiger partial charge in [-0.25, -0.2) is 5.43 Å². The Bertz CT molecular complexity index is 593. The molecule has 0 fully saturated rings. The van der Waals surface area contributed by atoms with E-state index in [1.807, 2.05) is 5.32 Å². The van der Waals surface area contributed by atoms with Gasteiger partial charge in [0.2, 0.25) is 0 Å². The summed E-state index contributed by atoms with van der Waals surface area (Å²) in [6.45, 7) is 2.14. The van der Waals surface area contributed by atoms with Crippen molar-refractivity contribution in [3.8, 4) is 0 Å². The summed E-state index contributed by atoms with van der Waals surface area (Å²) in [5, 5.41) is 28.8. The standard InChI is InChI=1S/C18H30N4O7/c1-2-3-4-5-6-8-12-20-22-14(23)13(21-16(25)18(28)29)10-7-9-11-19-15(24)17(26)27/h12-13H,2-11H2,1H3,(H,19,24)(H,21,25)(H,22,23)(H,26,27)(H,28,29)/p-2/b20-12+/t13-/m0/s1. The molecule has 0 bridgehead atoms. The number of rotatable bonds is 14. The smallest absolute Gasteiger partial charge is 0.267 e. The van der Waals surface area contributed by atoms with Crippen molar-refractivity contribution in [2.24, 2.45) is 5.10 Å². The number of nitrogens with zero attached hydrogens (tertiary/aromatic N) is 1. The largest absolute Gasteiger partial charge is 0.540 e. The van der Waals surface area contributed by atoms with Gasteiger partial charge in [-0.2, -0.15) is 5.10 Å². The highest BCUT2D eigenvalue weighted by Crippen LogP contribution is 2.04. The van der Waals surface area contributed by atoms with Crippen molar-refractivity contribution >= 4 is 35.9 Å². The zero-order valence-corrected chi connectivity index (χ0v) is 16.5. The van der Waals surface area contributed by atoms with Crippen LogP contribution in [0.25, 0.3) is 0 Å². The first kappa shape index (κ1) is 26.0. The maximum absolute atomic E-state index is 12.1. The van der Waals surface area contributed by atoms with E-state index in [2.05, 4.69) is 22.8 Å². The third-order valence-corrected chi connectivity index (χ3v) is 3.90. The first-order valence-corrected chi connectivity index (χ1v) is 9.62. The molecule has 3 N–H and O–H groups in total. The summed E-state index contributed by atoms with van der Waals surface area (Å²) < 4.78 is 0. The Morgan fingerprint density at radius 1 is 0.897 bits per heavy atom. The molecule has 11 heteroatoms. The molecular formula is C18H28N4O7-2. The van der Waals surface area contributed by atoms with E-state index in [-0.39, 0.29) is 13.0 Å². The van der Waals surface area contributed by atoms with Crippen molar-refractivity contribution in [1.29, 1.82) is 0 Å². The predicted octanol–water partition coefficient (Wildman–Crippen LogP) is -2.28. The number of hydrogen-bond donors (Lipinski definition) is 3. The molecule has 0 radical (unpaired) electrons. The van der Waals surface area contributed by atoms with Gasteiger partial charge in [-0.15, -0.1) is 0 Å². The summed E-state index contributed by atoms with van der Waals surface area (Å²) in [5.74, 6) is -7.21. The number of unbranched alkanes of at least 4 members (excludes halogenated alkanes) is 6. The molecule has 0 unspecified atom stereocenters. The van der Waals surface area contributed by atoms with Crippen molar-refractivity contribution in [3.63, 3.8) is 0 Å². The zero-order chi connectivity index (χ0) is 22.1. The molecular weight excluding hydrogens is 384 g/mol. The number of carbonyl (C=O) groups is 5. The summed E-state index contributed by atoms with van der Waals surface area (Å²) >= 11 is 0. The highest BCUT2D eigenvalue weighted by molar-refractivity contribution is 6.31. The third-order valence-electron chi connectivity index (χ3n) is 3.90. The second-order valence-electron chi connectivity index (χ2n) is 6.34. The van der Waals surface area contributed by atoms with Crippen molar-refractivity contribution in [3.05, 3.63) is 0 Å². The summed E-state index contributed by atoms with van der Waals surface area (Å²) in [5.41, 5.74) is 2.25. The van der Waals surface area contributed by atoms with Gasteiger partial charge in [-0.05, 0) is 32.1 Å².